The van der Waals surface area contributed by atoms with Crippen molar-refractivity contribution in [3.05, 3.63) is 65.5 Å². The summed E-state index contributed by atoms with van der Waals surface area (Å²) in [6.07, 6.45) is 3.14. The maximum Gasteiger partial charge on any atom is 0.328 e. The molecule has 0 unspecified atom stereocenters. The number of rotatable bonds is 5. The van der Waals surface area contributed by atoms with Gasteiger partial charge in [0, 0.05) is 11.6 Å². The van der Waals surface area contributed by atoms with Gasteiger partial charge in [-0.25, -0.2) is 9.18 Å². The van der Waals surface area contributed by atoms with Crippen LogP contribution in [0, 0.1) is 5.82 Å². The molecule has 0 saturated heterocycles. The number of halogens is 1. The van der Waals surface area contributed by atoms with Crippen molar-refractivity contribution >= 4 is 12.0 Å². The molecule has 0 spiro atoms. The summed E-state index contributed by atoms with van der Waals surface area (Å²) in [5, 5.41) is 8.67. The second kappa shape index (κ2) is 6.70. The first-order chi connectivity index (χ1) is 10.1. The molecule has 0 atom stereocenters. The third-order valence-corrected chi connectivity index (χ3v) is 2.91. The summed E-state index contributed by atoms with van der Waals surface area (Å²) in [5.41, 5.74) is 1.50. The van der Waals surface area contributed by atoms with E-state index in [2.05, 4.69) is 0 Å². The Hall–Kier alpha value is -2.62. The lowest BCUT2D eigenvalue weighted by atomic mass is 10.1. The van der Waals surface area contributed by atoms with Crippen LogP contribution in [0.3, 0.4) is 0 Å². The number of aryl methyl sites for hydroxylation is 1. The zero-order valence-electron chi connectivity index (χ0n) is 11.5. The molecule has 0 saturated carbocycles. The normalized spacial score (nSPS) is 10.8. The van der Waals surface area contributed by atoms with Crippen LogP contribution < -0.4 is 4.74 Å². The summed E-state index contributed by atoms with van der Waals surface area (Å²) in [6.45, 7) is 2.04. The fraction of sp³-hybridized carbons (Fsp3) is 0.118. The van der Waals surface area contributed by atoms with Crippen molar-refractivity contribution in [3.63, 3.8) is 0 Å². The molecule has 0 aliphatic rings. The third kappa shape index (κ3) is 4.18. The Morgan fingerprint density at radius 1 is 1.29 bits per heavy atom. The Kier molecular flexibility index (Phi) is 4.72. The summed E-state index contributed by atoms with van der Waals surface area (Å²) < 4.78 is 19.0. The molecule has 2 aromatic rings. The highest BCUT2D eigenvalue weighted by Gasteiger charge is 2.05. The van der Waals surface area contributed by atoms with Crippen LogP contribution in [0.25, 0.3) is 6.08 Å². The van der Waals surface area contributed by atoms with Crippen LogP contribution in [0.15, 0.2) is 48.5 Å². The molecule has 0 fully saturated rings. The molecule has 0 amide bonds. The highest BCUT2D eigenvalue weighted by molar-refractivity contribution is 5.85. The summed E-state index contributed by atoms with van der Waals surface area (Å²) >= 11 is 0. The van der Waals surface area contributed by atoms with Crippen LogP contribution in [0.4, 0.5) is 4.39 Å². The van der Waals surface area contributed by atoms with Crippen molar-refractivity contribution in [1.29, 1.82) is 0 Å². The first kappa shape index (κ1) is 14.8. The van der Waals surface area contributed by atoms with Gasteiger partial charge in [-0.05, 0) is 48.4 Å². The van der Waals surface area contributed by atoms with E-state index < -0.39 is 11.8 Å². The molecular weight excluding hydrogens is 271 g/mol. The molecule has 0 radical (unpaired) electrons. The van der Waals surface area contributed by atoms with E-state index in [1.54, 1.807) is 6.07 Å². The van der Waals surface area contributed by atoms with E-state index in [0.29, 0.717) is 17.1 Å². The molecule has 2 rings (SSSR count). The summed E-state index contributed by atoms with van der Waals surface area (Å²) in [6, 6.07) is 11.6. The molecule has 0 bridgehead atoms. The fourth-order valence-electron chi connectivity index (χ4n) is 1.86. The largest absolute Gasteiger partial charge is 0.478 e. The number of hydrogen-bond acceptors (Lipinski definition) is 2. The van der Waals surface area contributed by atoms with Gasteiger partial charge >= 0.3 is 5.97 Å². The Morgan fingerprint density at radius 3 is 2.81 bits per heavy atom. The Morgan fingerprint density at radius 2 is 2.10 bits per heavy atom. The highest BCUT2D eigenvalue weighted by atomic mass is 19.1. The van der Waals surface area contributed by atoms with E-state index in [-0.39, 0.29) is 0 Å². The van der Waals surface area contributed by atoms with Gasteiger partial charge in [-0.2, -0.15) is 0 Å². The number of carbonyl (C=O) groups is 1. The quantitative estimate of drug-likeness (QED) is 0.834. The number of hydrogen-bond donors (Lipinski definition) is 1. The maximum atomic E-state index is 13.3. The maximum absolute atomic E-state index is 13.3. The average Bonchev–Trinajstić information content (AvgIpc) is 2.47. The molecule has 2 aromatic carbocycles. The number of carboxylic acids is 1. The summed E-state index contributed by atoms with van der Waals surface area (Å²) in [4.78, 5) is 10.6. The van der Waals surface area contributed by atoms with E-state index in [1.807, 2.05) is 25.1 Å². The molecule has 21 heavy (non-hydrogen) atoms. The molecule has 0 aliphatic heterocycles. The first-order valence-corrected chi connectivity index (χ1v) is 6.56. The third-order valence-electron chi connectivity index (χ3n) is 2.91. The second-order valence-electron chi connectivity index (χ2n) is 4.46. The van der Waals surface area contributed by atoms with Gasteiger partial charge in [0.05, 0.1) is 0 Å². The minimum Gasteiger partial charge on any atom is -0.478 e. The molecule has 0 aliphatic carbocycles. The van der Waals surface area contributed by atoms with Crippen molar-refractivity contribution in [2.75, 3.05) is 0 Å². The highest BCUT2D eigenvalue weighted by Crippen LogP contribution is 2.27. The van der Waals surface area contributed by atoms with Gasteiger partial charge in [0.1, 0.15) is 17.3 Å². The van der Waals surface area contributed by atoms with Crippen LogP contribution in [0.5, 0.6) is 11.5 Å². The van der Waals surface area contributed by atoms with Gasteiger partial charge in [0.25, 0.3) is 0 Å². The Balaban J connectivity index is 2.32. The Labute approximate surface area is 122 Å². The van der Waals surface area contributed by atoms with Gasteiger partial charge in [-0.1, -0.05) is 19.1 Å². The SMILES string of the molecule is CCc1cccc(Oc2ccc(F)cc2C=CC(=O)O)c1. The van der Waals surface area contributed by atoms with Crippen molar-refractivity contribution in [2.24, 2.45) is 0 Å². The van der Waals surface area contributed by atoms with Crippen LogP contribution in [-0.4, -0.2) is 11.1 Å². The van der Waals surface area contributed by atoms with E-state index in [4.69, 9.17) is 9.84 Å². The number of benzene rings is 2. The molecule has 1 N–H and O–H groups in total. The number of ether oxygens (including phenoxy) is 1. The van der Waals surface area contributed by atoms with Gasteiger partial charge < -0.3 is 9.84 Å². The molecular formula is C17H15FO3. The van der Waals surface area contributed by atoms with Gasteiger partial charge in [-0.15, -0.1) is 0 Å². The van der Waals surface area contributed by atoms with Crippen LogP contribution >= 0.6 is 0 Å². The Bertz CT molecular complexity index is 677. The molecule has 0 heterocycles. The second-order valence-corrected chi connectivity index (χ2v) is 4.46. The van der Waals surface area contributed by atoms with E-state index in [0.717, 1.165) is 18.1 Å². The molecule has 108 valence electrons. The van der Waals surface area contributed by atoms with Crippen LogP contribution in [0.1, 0.15) is 18.1 Å². The minimum atomic E-state index is -1.10. The monoisotopic (exact) mass is 286 g/mol. The zero-order chi connectivity index (χ0) is 15.2. The van der Waals surface area contributed by atoms with Crippen molar-refractivity contribution < 1.29 is 19.0 Å². The lowest BCUT2D eigenvalue weighted by Crippen LogP contribution is -1.91. The lowest BCUT2D eigenvalue weighted by molar-refractivity contribution is -0.131. The van der Waals surface area contributed by atoms with Crippen molar-refractivity contribution in [3.8, 4) is 11.5 Å². The topological polar surface area (TPSA) is 46.5 Å². The van der Waals surface area contributed by atoms with Crippen molar-refractivity contribution in [1.82, 2.24) is 0 Å². The number of carboxylic acid groups (broad SMARTS) is 1. The minimum absolute atomic E-state index is 0.374. The zero-order valence-corrected chi connectivity index (χ0v) is 11.5. The van der Waals surface area contributed by atoms with E-state index in [9.17, 15) is 9.18 Å². The van der Waals surface area contributed by atoms with Gasteiger partial charge in [-0.3, -0.25) is 0 Å². The number of aliphatic carboxylic acids is 1. The van der Waals surface area contributed by atoms with Crippen molar-refractivity contribution in [2.45, 2.75) is 13.3 Å². The summed E-state index contributed by atoms with van der Waals surface area (Å²) in [7, 11) is 0. The standard InChI is InChI=1S/C17H15FO3/c1-2-12-4-3-5-15(10-12)21-16-8-7-14(18)11-13(16)6-9-17(19)20/h3-11H,2H2,1H3,(H,19,20). The predicted octanol–water partition coefficient (Wildman–Crippen LogP) is 4.28. The fourth-order valence-corrected chi connectivity index (χ4v) is 1.86. The van der Waals surface area contributed by atoms with Gasteiger partial charge in [0.2, 0.25) is 0 Å². The molecule has 4 heteroatoms. The molecule has 3 nitrogen and oxygen atoms in total. The smallest absolute Gasteiger partial charge is 0.328 e. The average molecular weight is 286 g/mol. The first-order valence-electron chi connectivity index (χ1n) is 6.56. The summed E-state index contributed by atoms with van der Waals surface area (Å²) in [5.74, 6) is -0.513. The van der Waals surface area contributed by atoms with Crippen LogP contribution in [0.2, 0.25) is 0 Å². The lowest BCUT2D eigenvalue weighted by Gasteiger charge is -2.10. The van der Waals surface area contributed by atoms with E-state index in [1.165, 1.54) is 24.3 Å². The van der Waals surface area contributed by atoms with E-state index >= 15 is 0 Å². The van der Waals surface area contributed by atoms with Gasteiger partial charge in [0.15, 0.2) is 0 Å². The molecule has 0 aromatic heterocycles. The predicted molar refractivity (Wildman–Crippen MR) is 79.0 cm³/mol. The van der Waals surface area contributed by atoms with Crippen LogP contribution in [-0.2, 0) is 11.2 Å².